The van der Waals surface area contributed by atoms with Gasteiger partial charge in [0, 0.05) is 37.1 Å². The van der Waals surface area contributed by atoms with Gasteiger partial charge in [-0.25, -0.2) is 8.42 Å². The molecule has 0 radical (unpaired) electrons. The molecule has 3 rings (SSSR count). The minimum Gasteiger partial charge on any atom is -0.396 e. The van der Waals surface area contributed by atoms with Crippen LogP contribution in [-0.4, -0.2) is 43.4 Å². The average molecular weight is 366 g/mol. The van der Waals surface area contributed by atoms with Gasteiger partial charge in [-0.15, -0.1) is 0 Å². The molecule has 0 spiro atoms. The van der Waals surface area contributed by atoms with E-state index < -0.39 is 15.9 Å². The Balaban J connectivity index is 1.86. The Bertz CT molecular complexity index is 816. The lowest BCUT2D eigenvalue weighted by molar-refractivity contribution is 0.1000. The predicted molar refractivity (Wildman–Crippen MR) is 91.4 cm³/mol. The molecule has 0 bridgehead atoms. The highest BCUT2D eigenvalue weighted by atomic mass is 32.2. The number of nitrogens with two attached hydrogens (primary N) is 1. The number of aliphatic hydroxyl groups is 1. The van der Waals surface area contributed by atoms with Crippen LogP contribution in [0.3, 0.4) is 0 Å². The number of hydrogen-bond donors (Lipinski definition) is 2. The van der Waals surface area contributed by atoms with E-state index in [1.165, 1.54) is 28.6 Å². The second-order valence-corrected chi connectivity index (χ2v) is 8.53. The number of hydrogen-bond acceptors (Lipinski definition) is 5. The molecule has 1 fully saturated rings. The maximum atomic E-state index is 12.8. The van der Waals surface area contributed by atoms with Crippen molar-refractivity contribution in [2.24, 2.45) is 11.7 Å². The van der Waals surface area contributed by atoms with E-state index >= 15 is 0 Å². The van der Waals surface area contributed by atoms with Crippen molar-refractivity contribution in [3.63, 3.8) is 0 Å². The van der Waals surface area contributed by atoms with E-state index in [0.717, 1.165) is 5.56 Å². The maximum absolute atomic E-state index is 12.8. The van der Waals surface area contributed by atoms with Crippen LogP contribution in [0.2, 0.25) is 0 Å². The van der Waals surface area contributed by atoms with Crippen molar-refractivity contribution in [3.05, 3.63) is 52.2 Å². The Hall–Kier alpha value is -1.74. The lowest BCUT2D eigenvalue weighted by Gasteiger charge is -2.16. The van der Waals surface area contributed by atoms with Crippen LogP contribution >= 0.6 is 11.3 Å². The molecule has 3 N–H and O–H groups in total. The van der Waals surface area contributed by atoms with Gasteiger partial charge in [-0.05, 0) is 46.7 Å². The van der Waals surface area contributed by atoms with Crippen LogP contribution < -0.4 is 5.73 Å². The van der Waals surface area contributed by atoms with E-state index in [9.17, 15) is 18.3 Å². The number of aliphatic hydroxyl groups excluding tert-OH is 1. The molecule has 2 aromatic rings. The summed E-state index contributed by atoms with van der Waals surface area (Å²) in [5.41, 5.74) is 6.50. The first-order valence-electron chi connectivity index (χ1n) is 7.46. The number of sulfonamides is 1. The molecule has 0 aliphatic carbocycles. The Morgan fingerprint density at radius 3 is 2.50 bits per heavy atom. The fraction of sp³-hybridized carbons (Fsp3) is 0.312. The van der Waals surface area contributed by atoms with Crippen LogP contribution in [0.1, 0.15) is 21.8 Å². The van der Waals surface area contributed by atoms with Crippen LogP contribution in [0.25, 0.3) is 0 Å². The molecule has 1 aromatic carbocycles. The lowest BCUT2D eigenvalue weighted by atomic mass is 9.92. The first-order valence-corrected chi connectivity index (χ1v) is 9.84. The van der Waals surface area contributed by atoms with E-state index in [0.29, 0.717) is 6.54 Å². The molecular weight excluding hydrogens is 348 g/mol. The van der Waals surface area contributed by atoms with Crippen LogP contribution in [0.4, 0.5) is 0 Å². The monoisotopic (exact) mass is 366 g/mol. The summed E-state index contributed by atoms with van der Waals surface area (Å²) in [5.74, 6) is -0.738. The molecule has 6 nitrogen and oxygen atoms in total. The average Bonchev–Trinajstić information content (AvgIpc) is 3.23. The Kier molecular flexibility index (Phi) is 4.73. The fourth-order valence-corrected chi connectivity index (χ4v) is 5.26. The quantitative estimate of drug-likeness (QED) is 0.831. The summed E-state index contributed by atoms with van der Waals surface area (Å²) in [4.78, 5) is 11.2. The maximum Gasteiger partial charge on any atom is 0.248 e. The summed E-state index contributed by atoms with van der Waals surface area (Å²) >= 11 is 1.55. The number of rotatable bonds is 5. The third-order valence-electron chi connectivity index (χ3n) is 4.39. The zero-order chi connectivity index (χ0) is 17.3. The number of carbonyl (C=O) groups is 1. The van der Waals surface area contributed by atoms with Crippen molar-refractivity contribution in [1.29, 1.82) is 0 Å². The Morgan fingerprint density at radius 1 is 1.25 bits per heavy atom. The predicted octanol–water partition coefficient (Wildman–Crippen LogP) is 1.24. The second kappa shape index (κ2) is 6.64. The SMILES string of the molecule is NC(=O)c1ccc(S(=O)(=O)N2C[C@@H](CO)[C@@H](c3ccsc3)C2)cc1. The van der Waals surface area contributed by atoms with Gasteiger partial charge < -0.3 is 10.8 Å². The van der Waals surface area contributed by atoms with Gasteiger partial charge >= 0.3 is 0 Å². The van der Waals surface area contributed by atoms with Gasteiger partial charge in [0.05, 0.1) is 4.90 Å². The molecule has 2 atom stereocenters. The van der Waals surface area contributed by atoms with Crippen molar-refractivity contribution >= 4 is 27.3 Å². The molecule has 1 aromatic heterocycles. The summed E-state index contributed by atoms with van der Waals surface area (Å²) in [6.45, 7) is 0.548. The van der Waals surface area contributed by atoms with Crippen LogP contribution in [0, 0.1) is 5.92 Å². The van der Waals surface area contributed by atoms with Crippen LogP contribution in [-0.2, 0) is 10.0 Å². The molecule has 24 heavy (non-hydrogen) atoms. The van der Waals surface area contributed by atoms with E-state index in [1.807, 2.05) is 16.8 Å². The summed E-state index contributed by atoms with van der Waals surface area (Å²) in [7, 11) is -3.67. The number of carbonyl (C=O) groups excluding carboxylic acids is 1. The highest BCUT2D eigenvalue weighted by Crippen LogP contribution is 2.36. The molecule has 128 valence electrons. The molecule has 0 saturated carbocycles. The zero-order valence-corrected chi connectivity index (χ0v) is 14.5. The molecule has 1 aliphatic rings. The van der Waals surface area contributed by atoms with Crippen LogP contribution in [0.15, 0.2) is 46.0 Å². The number of amides is 1. The Labute approximate surface area is 144 Å². The zero-order valence-electron chi connectivity index (χ0n) is 12.8. The Morgan fingerprint density at radius 2 is 1.96 bits per heavy atom. The topological polar surface area (TPSA) is 101 Å². The van der Waals surface area contributed by atoms with Gasteiger partial charge in [0.2, 0.25) is 15.9 Å². The summed E-state index contributed by atoms with van der Waals surface area (Å²) < 4.78 is 27.0. The minimum atomic E-state index is -3.67. The highest BCUT2D eigenvalue weighted by Gasteiger charge is 2.39. The number of primary amides is 1. The molecule has 8 heteroatoms. The van der Waals surface area contributed by atoms with Gasteiger partial charge in [0.25, 0.3) is 0 Å². The first kappa shape index (κ1) is 17.1. The summed E-state index contributed by atoms with van der Waals surface area (Å²) in [6.07, 6.45) is 0. The first-order chi connectivity index (χ1) is 11.4. The van der Waals surface area contributed by atoms with E-state index in [1.54, 1.807) is 11.3 Å². The molecule has 1 amide bonds. The van der Waals surface area contributed by atoms with E-state index in [4.69, 9.17) is 5.73 Å². The van der Waals surface area contributed by atoms with E-state index in [-0.39, 0.29) is 35.4 Å². The van der Waals surface area contributed by atoms with Crippen molar-refractivity contribution in [2.45, 2.75) is 10.8 Å². The van der Waals surface area contributed by atoms with Gasteiger partial charge in [-0.2, -0.15) is 15.6 Å². The lowest BCUT2D eigenvalue weighted by Crippen LogP contribution is -2.29. The van der Waals surface area contributed by atoms with Crippen molar-refractivity contribution in [3.8, 4) is 0 Å². The van der Waals surface area contributed by atoms with Crippen molar-refractivity contribution in [2.75, 3.05) is 19.7 Å². The van der Waals surface area contributed by atoms with Gasteiger partial charge in [-0.1, -0.05) is 0 Å². The smallest absolute Gasteiger partial charge is 0.248 e. The number of thiophene rings is 1. The van der Waals surface area contributed by atoms with E-state index in [2.05, 4.69) is 0 Å². The molecule has 0 unspecified atom stereocenters. The van der Waals surface area contributed by atoms with Gasteiger partial charge in [0.1, 0.15) is 0 Å². The molecule has 1 aliphatic heterocycles. The van der Waals surface area contributed by atoms with Crippen molar-refractivity contribution in [1.82, 2.24) is 4.31 Å². The third-order valence-corrected chi connectivity index (χ3v) is 6.94. The standard InChI is InChI=1S/C16H18N2O4S2/c17-16(20)11-1-3-14(4-2-11)24(21,22)18-7-13(9-19)15(8-18)12-5-6-23-10-12/h1-6,10,13,15,19H,7-9H2,(H2,17,20)/t13-,15+/m0/s1. The molecular formula is C16H18N2O4S2. The number of nitrogens with zero attached hydrogens (tertiary/aromatic N) is 1. The summed E-state index contributed by atoms with van der Waals surface area (Å²) in [6, 6.07) is 7.56. The second-order valence-electron chi connectivity index (χ2n) is 5.82. The van der Waals surface area contributed by atoms with Crippen LogP contribution in [0.5, 0.6) is 0 Å². The normalized spacial score (nSPS) is 21.9. The molecule has 1 saturated heterocycles. The minimum absolute atomic E-state index is 0.0130. The highest BCUT2D eigenvalue weighted by molar-refractivity contribution is 7.89. The number of benzene rings is 1. The largest absolute Gasteiger partial charge is 0.396 e. The fourth-order valence-electron chi connectivity index (χ4n) is 3.02. The molecule has 2 heterocycles. The van der Waals surface area contributed by atoms with Crippen molar-refractivity contribution < 1.29 is 18.3 Å². The van der Waals surface area contributed by atoms with Gasteiger partial charge in [-0.3, -0.25) is 4.79 Å². The summed E-state index contributed by atoms with van der Waals surface area (Å²) in [5, 5.41) is 13.6. The third kappa shape index (κ3) is 3.10. The van der Waals surface area contributed by atoms with Gasteiger partial charge in [0.15, 0.2) is 0 Å².